The van der Waals surface area contributed by atoms with Crippen LogP contribution in [0.1, 0.15) is 48.3 Å². The van der Waals surface area contributed by atoms with E-state index in [2.05, 4.69) is 20.7 Å². The van der Waals surface area contributed by atoms with E-state index in [-0.39, 0.29) is 64.4 Å². The van der Waals surface area contributed by atoms with E-state index in [4.69, 9.17) is 14.2 Å². The standard InChI is InChI=1S/C26H39N7O7S/c1-18(2)24-25-28-19(3)30-33(25)12-15-40-22-16-20(6-7-21(22)38-4)26(35)27-8-5-9-32(17-23(34)29-24)41(36,37)31-10-13-39-14-11-31/h6-7,16,18,24H,5,8-15,17H2,1-4H3,(H,27,35)(H,29,34)/t24-/m0/s1. The van der Waals surface area contributed by atoms with Gasteiger partial charge in [-0.15, -0.1) is 0 Å². The summed E-state index contributed by atoms with van der Waals surface area (Å²) in [7, 11) is -2.44. The van der Waals surface area contributed by atoms with Crippen LogP contribution in [0.3, 0.4) is 0 Å². The fourth-order valence-electron chi connectivity index (χ4n) is 4.72. The Morgan fingerprint density at radius 2 is 1.83 bits per heavy atom. The first-order valence-corrected chi connectivity index (χ1v) is 15.1. The molecule has 1 aromatic carbocycles. The predicted molar refractivity (Wildman–Crippen MR) is 149 cm³/mol. The molecular formula is C26H39N7O7S. The number of hydrogen-bond donors (Lipinski definition) is 2. The lowest BCUT2D eigenvalue weighted by Crippen LogP contribution is -2.52. The SMILES string of the molecule is COc1ccc2cc1OCCn1nc(C)nc1[C@H](C(C)C)NC(=O)CN(S(=O)(=O)N1CCOCC1)CCCNC2=O. The van der Waals surface area contributed by atoms with Gasteiger partial charge in [0.2, 0.25) is 5.91 Å². The van der Waals surface area contributed by atoms with Crippen molar-refractivity contribution in [2.75, 3.05) is 59.7 Å². The van der Waals surface area contributed by atoms with Crippen molar-refractivity contribution in [2.45, 2.75) is 39.8 Å². The Labute approximate surface area is 240 Å². The third-order valence-corrected chi connectivity index (χ3v) is 8.85. The summed E-state index contributed by atoms with van der Waals surface area (Å²) in [6, 6.07) is 4.38. The van der Waals surface area contributed by atoms with E-state index in [1.165, 1.54) is 11.4 Å². The van der Waals surface area contributed by atoms with Gasteiger partial charge in [-0.3, -0.25) is 9.59 Å². The maximum absolute atomic E-state index is 13.5. The van der Waals surface area contributed by atoms with Crippen molar-refractivity contribution in [1.82, 2.24) is 34.0 Å². The molecule has 2 aliphatic rings. The molecule has 2 bridgehead atoms. The molecule has 2 aromatic rings. The summed E-state index contributed by atoms with van der Waals surface area (Å²) in [4.78, 5) is 30.8. The van der Waals surface area contributed by atoms with Gasteiger partial charge in [0, 0.05) is 31.7 Å². The number of morpholine rings is 1. The Hall–Kier alpha value is -3.27. The number of ether oxygens (including phenoxy) is 3. The Balaban J connectivity index is 1.66. The molecule has 1 fully saturated rings. The van der Waals surface area contributed by atoms with Crippen molar-refractivity contribution in [3.05, 3.63) is 35.4 Å². The predicted octanol–water partition coefficient (Wildman–Crippen LogP) is 0.500. The highest BCUT2D eigenvalue weighted by molar-refractivity contribution is 7.86. The van der Waals surface area contributed by atoms with Crippen LogP contribution in [0.5, 0.6) is 11.5 Å². The number of amides is 2. The number of nitrogens with one attached hydrogen (secondary N) is 2. The number of hydrogen-bond acceptors (Lipinski definition) is 9. The van der Waals surface area contributed by atoms with Crippen LogP contribution in [0.4, 0.5) is 0 Å². The zero-order chi connectivity index (χ0) is 29.6. The lowest BCUT2D eigenvalue weighted by molar-refractivity contribution is -0.122. The largest absolute Gasteiger partial charge is 0.493 e. The van der Waals surface area contributed by atoms with Crippen LogP contribution in [-0.2, 0) is 26.3 Å². The zero-order valence-electron chi connectivity index (χ0n) is 24.0. The quantitative estimate of drug-likeness (QED) is 0.515. The molecule has 0 spiro atoms. The molecule has 15 heteroatoms. The highest BCUT2D eigenvalue weighted by Crippen LogP contribution is 2.28. The molecule has 2 amide bonds. The van der Waals surface area contributed by atoms with Gasteiger partial charge in [-0.25, -0.2) is 9.67 Å². The molecule has 0 aliphatic carbocycles. The molecule has 4 rings (SSSR count). The molecule has 3 heterocycles. The monoisotopic (exact) mass is 593 g/mol. The molecule has 2 N–H and O–H groups in total. The van der Waals surface area contributed by atoms with Crippen LogP contribution in [0.2, 0.25) is 0 Å². The van der Waals surface area contributed by atoms with Gasteiger partial charge in [-0.2, -0.15) is 22.1 Å². The van der Waals surface area contributed by atoms with E-state index in [9.17, 15) is 18.0 Å². The van der Waals surface area contributed by atoms with Gasteiger partial charge in [0.15, 0.2) is 11.5 Å². The van der Waals surface area contributed by atoms with E-state index in [1.54, 1.807) is 29.8 Å². The van der Waals surface area contributed by atoms with Crippen LogP contribution in [0, 0.1) is 12.8 Å². The second-order valence-electron chi connectivity index (χ2n) is 10.2. The lowest BCUT2D eigenvalue weighted by atomic mass is 10.0. The number of carbonyl (C=O) groups excluding carboxylic acids is 2. The minimum atomic E-state index is -3.96. The molecule has 1 saturated heterocycles. The van der Waals surface area contributed by atoms with E-state index in [0.29, 0.717) is 41.7 Å². The Bertz CT molecular complexity index is 1330. The number of fused-ring (bicyclic) bond motifs is 3. The zero-order valence-corrected chi connectivity index (χ0v) is 24.8. The van der Waals surface area contributed by atoms with Crippen molar-refractivity contribution in [3.63, 3.8) is 0 Å². The summed E-state index contributed by atoms with van der Waals surface area (Å²) in [5.74, 6) is 1.07. The second kappa shape index (κ2) is 13.6. The van der Waals surface area contributed by atoms with Crippen LogP contribution in [-0.4, -0.2) is 103 Å². The Morgan fingerprint density at radius 1 is 1.07 bits per heavy atom. The molecular weight excluding hydrogens is 554 g/mol. The molecule has 1 aromatic heterocycles. The van der Waals surface area contributed by atoms with Gasteiger partial charge in [0.1, 0.15) is 18.3 Å². The highest BCUT2D eigenvalue weighted by atomic mass is 32.2. The van der Waals surface area contributed by atoms with Crippen LogP contribution >= 0.6 is 0 Å². The fraction of sp³-hybridized carbons (Fsp3) is 0.615. The first-order valence-electron chi connectivity index (χ1n) is 13.7. The van der Waals surface area contributed by atoms with E-state index in [1.807, 2.05) is 13.8 Å². The molecule has 0 unspecified atom stereocenters. The first-order chi connectivity index (χ1) is 19.6. The molecule has 0 saturated carbocycles. The third kappa shape index (κ3) is 7.52. The van der Waals surface area contributed by atoms with Gasteiger partial charge in [-0.05, 0) is 37.5 Å². The summed E-state index contributed by atoms with van der Waals surface area (Å²) >= 11 is 0. The minimum Gasteiger partial charge on any atom is -0.493 e. The van der Waals surface area contributed by atoms with Crippen LogP contribution < -0.4 is 20.1 Å². The van der Waals surface area contributed by atoms with Crippen LogP contribution in [0.25, 0.3) is 0 Å². The average molecular weight is 594 g/mol. The molecule has 41 heavy (non-hydrogen) atoms. The number of methoxy groups -OCH3 is 1. The normalized spacial score (nSPS) is 20.8. The van der Waals surface area contributed by atoms with E-state index in [0.717, 1.165) is 4.31 Å². The molecule has 0 radical (unpaired) electrons. The van der Waals surface area contributed by atoms with Gasteiger partial charge in [0.25, 0.3) is 16.1 Å². The second-order valence-corrected chi connectivity index (χ2v) is 12.1. The summed E-state index contributed by atoms with van der Waals surface area (Å²) in [6.45, 7) is 7.00. The highest BCUT2D eigenvalue weighted by Gasteiger charge is 2.33. The van der Waals surface area contributed by atoms with Crippen molar-refractivity contribution in [3.8, 4) is 11.5 Å². The summed E-state index contributed by atoms with van der Waals surface area (Å²) in [6.07, 6.45) is 0.295. The number of carbonyl (C=O) groups is 2. The van der Waals surface area contributed by atoms with Gasteiger partial charge >= 0.3 is 0 Å². The maximum atomic E-state index is 13.5. The summed E-state index contributed by atoms with van der Waals surface area (Å²) < 4.78 is 48.0. The van der Waals surface area contributed by atoms with E-state index < -0.39 is 22.2 Å². The van der Waals surface area contributed by atoms with Crippen molar-refractivity contribution < 1.29 is 32.2 Å². The van der Waals surface area contributed by atoms with Gasteiger partial charge in [-0.1, -0.05) is 13.8 Å². The number of nitrogens with zero attached hydrogens (tertiary/aromatic N) is 5. The van der Waals surface area contributed by atoms with Crippen molar-refractivity contribution in [2.24, 2.45) is 5.92 Å². The van der Waals surface area contributed by atoms with Crippen molar-refractivity contribution in [1.29, 1.82) is 0 Å². The summed E-state index contributed by atoms with van der Waals surface area (Å²) in [5, 5.41) is 10.3. The Kier molecular flexibility index (Phi) is 10.2. The number of benzene rings is 1. The molecule has 226 valence electrons. The number of rotatable bonds is 4. The molecule has 1 atom stereocenters. The molecule has 14 nitrogen and oxygen atoms in total. The maximum Gasteiger partial charge on any atom is 0.282 e. The van der Waals surface area contributed by atoms with Gasteiger partial charge < -0.3 is 24.8 Å². The topological polar surface area (TPSA) is 157 Å². The lowest BCUT2D eigenvalue weighted by Gasteiger charge is -2.32. The summed E-state index contributed by atoms with van der Waals surface area (Å²) in [5.41, 5.74) is 0.372. The number of aromatic nitrogens is 3. The third-order valence-electron chi connectivity index (χ3n) is 6.87. The average Bonchev–Trinajstić information content (AvgIpc) is 3.32. The Morgan fingerprint density at radius 3 is 2.54 bits per heavy atom. The minimum absolute atomic E-state index is 0.0337. The van der Waals surface area contributed by atoms with Gasteiger partial charge in [0.05, 0.1) is 39.5 Å². The fourth-order valence-corrected chi connectivity index (χ4v) is 6.30. The smallest absolute Gasteiger partial charge is 0.282 e. The first kappa shape index (κ1) is 30.7. The number of aryl methyl sites for hydroxylation is 1. The van der Waals surface area contributed by atoms with Crippen molar-refractivity contribution >= 4 is 22.0 Å². The van der Waals surface area contributed by atoms with Crippen LogP contribution in [0.15, 0.2) is 18.2 Å². The van der Waals surface area contributed by atoms with E-state index >= 15 is 0 Å². The molecule has 2 aliphatic heterocycles.